The monoisotopic (exact) mass is 210 g/mol. The lowest BCUT2D eigenvalue weighted by molar-refractivity contribution is 0.0317. The molecule has 0 radical (unpaired) electrons. The number of ether oxygens (including phenoxy) is 1. The van der Waals surface area contributed by atoms with E-state index in [0.717, 1.165) is 25.7 Å². The lowest BCUT2D eigenvalue weighted by Gasteiger charge is -2.41. The topological polar surface area (TPSA) is 47.3 Å². The van der Waals surface area contributed by atoms with Gasteiger partial charge in [-0.2, -0.15) is 0 Å². The van der Waals surface area contributed by atoms with E-state index in [9.17, 15) is 0 Å². The fourth-order valence-corrected chi connectivity index (χ4v) is 2.39. The Bertz CT molecular complexity index is 236. The van der Waals surface area contributed by atoms with Gasteiger partial charge in [0, 0.05) is 19.2 Å². The molecule has 1 fully saturated rings. The molecule has 3 N–H and O–H groups in total. The van der Waals surface area contributed by atoms with Crippen molar-refractivity contribution in [2.24, 2.45) is 5.73 Å². The van der Waals surface area contributed by atoms with Crippen LogP contribution in [-0.4, -0.2) is 31.3 Å². The van der Waals surface area contributed by atoms with Gasteiger partial charge in [0.15, 0.2) is 0 Å². The van der Waals surface area contributed by atoms with Crippen LogP contribution in [0.5, 0.6) is 0 Å². The first-order valence-corrected chi connectivity index (χ1v) is 5.62. The van der Waals surface area contributed by atoms with E-state index in [1.165, 1.54) is 0 Å². The van der Waals surface area contributed by atoms with E-state index < -0.39 is 0 Å². The lowest BCUT2D eigenvalue weighted by Crippen LogP contribution is -2.57. The van der Waals surface area contributed by atoms with E-state index in [4.69, 9.17) is 16.9 Å². The molecule has 0 aliphatic heterocycles. The normalized spacial score (nSPS) is 33.3. The predicted octanol–water partition coefficient (Wildman–Crippen LogP) is 0.884. The maximum absolute atomic E-state index is 5.87. The van der Waals surface area contributed by atoms with Crippen molar-refractivity contribution in [2.45, 2.75) is 50.3 Å². The quantitative estimate of drug-likeness (QED) is 0.677. The van der Waals surface area contributed by atoms with Gasteiger partial charge in [0.25, 0.3) is 0 Å². The predicted molar refractivity (Wildman–Crippen MR) is 62.5 cm³/mol. The molecule has 1 aliphatic rings. The van der Waals surface area contributed by atoms with Gasteiger partial charge in [-0.25, -0.2) is 0 Å². The van der Waals surface area contributed by atoms with Crippen molar-refractivity contribution in [1.29, 1.82) is 0 Å². The Balaban J connectivity index is 2.62. The fourth-order valence-electron chi connectivity index (χ4n) is 2.39. The van der Waals surface area contributed by atoms with Gasteiger partial charge in [0.2, 0.25) is 0 Å². The Labute approximate surface area is 92.8 Å². The van der Waals surface area contributed by atoms with Crippen LogP contribution in [0.1, 0.15) is 32.6 Å². The Kier molecular flexibility index (Phi) is 4.59. The first-order chi connectivity index (χ1) is 7.15. The van der Waals surface area contributed by atoms with E-state index in [2.05, 4.69) is 11.2 Å². The third-order valence-electron chi connectivity index (χ3n) is 3.30. The number of hydrogen-bond donors (Lipinski definition) is 2. The lowest BCUT2D eigenvalue weighted by atomic mass is 9.79. The summed E-state index contributed by atoms with van der Waals surface area (Å²) >= 11 is 0. The zero-order valence-electron chi connectivity index (χ0n) is 9.75. The van der Waals surface area contributed by atoms with E-state index in [-0.39, 0.29) is 11.6 Å². The SMILES string of the molecule is C#CC(C)NC1(CN)CCCC(OC)C1. The summed E-state index contributed by atoms with van der Waals surface area (Å²) in [4.78, 5) is 0. The van der Waals surface area contributed by atoms with Gasteiger partial charge in [-0.15, -0.1) is 6.42 Å². The van der Waals surface area contributed by atoms with E-state index in [1.54, 1.807) is 7.11 Å². The number of hydrogen-bond acceptors (Lipinski definition) is 3. The summed E-state index contributed by atoms with van der Waals surface area (Å²) in [6, 6.07) is 0.0733. The highest BCUT2D eigenvalue weighted by Crippen LogP contribution is 2.29. The largest absolute Gasteiger partial charge is 0.381 e. The Morgan fingerprint density at radius 3 is 3.00 bits per heavy atom. The van der Waals surface area contributed by atoms with Crippen LogP contribution < -0.4 is 11.1 Å². The average molecular weight is 210 g/mol. The highest BCUT2D eigenvalue weighted by molar-refractivity contribution is 5.04. The van der Waals surface area contributed by atoms with Crippen LogP contribution in [0.4, 0.5) is 0 Å². The Morgan fingerprint density at radius 1 is 1.73 bits per heavy atom. The van der Waals surface area contributed by atoms with Crippen LogP contribution in [0.2, 0.25) is 0 Å². The van der Waals surface area contributed by atoms with E-state index in [1.807, 2.05) is 6.92 Å². The van der Waals surface area contributed by atoms with Crippen LogP contribution in [-0.2, 0) is 4.74 Å². The van der Waals surface area contributed by atoms with Crippen LogP contribution in [0.3, 0.4) is 0 Å². The summed E-state index contributed by atoms with van der Waals surface area (Å²) in [7, 11) is 1.77. The molecule has 0 aromatic carbocycles. The average Bonchev–Trinajstić information content (AvgIpc) is 2.29. The fraction of sp³-hybridized carbons (Fsp3) is 0.833. The first kappa shape index (κ1) is 12.5. The van der Waals surface area contributed by atoms with E-state index >= 15 is 0 Å². The summed E-state index contributed by atoms with van der Waals surface area (Å²) < 4.78 is 5.42. The highest BCUT2D eigenvalue weighted by atomic mass is 16.5. The Hall–Kier alpha value is -0.560. The summed E-state index contributed by atoms with van der Waals surface area (Å²) in [6.45, 7) is 2.62. The summed E-state index contributed by atoms with van der Waals surface area (Å²) in [5.41, 5.74) is 5.85. The molecule has 0 saturated heterocycles. The molecule has 1 aliphatic carbocycles. The number of terminal acetylenes is 1. The molecule has 3 nitrogen and oxygen atoms in total. The molecule has 0 spiro atoms. The summed E-state index contributed by atoms with van der Waals surface area (Å²) in [5.74, 6) is 2.70. The molecule has 3 heteroatoms. The van der Waals surface area contributed by atoms with Gasteiger partial charge in [-0.05, 0) is 32.6 Å². The van der Waals surface area contributed by atoms with Crippen molar-refractivity contribution in [3.63, 3.8) is 0 Å². The van der Waals surface area contributed by atoms with E-state index in [0.29, 0.717) is 12.6 Å². The first-order valence-electron chi connectivity index (χ1n) is 5.62. The molecule has 3 unspecified atom stereocenters. The molecule has 86 valence electrons. The van der Waals surface area contributed by atoms with Crippen LogP contribution in [0.25, 0.3) is 0 Å². The molecule has 15 heavy (non-hydrogen) atoms. The van der Waals surface area contributed by atoms with Crippen molar-refractivity contribution in [3.05, 3.63) is 0 Å². The second-order valence-corrected chi connectivity index (χ2v) is 4.47. The van der Waals surface area contributed by atoms with Crippen molar-refractivity contribution >= 4 is 0 Å². The van der Waals surface area contributed by atoms with Crippen molar-refractivity contribution in [1.82, 2.24) is 5.32 Å². The second kappa shape index (κ2) is 5.50. The number of methoxy groups -OCH3 is 1. The maximum atomic E-state index is 5.87. The Morgan fingerprint density at radius 2 is 2.47 bits per heavy atom. The minimum Gasteiger partial charge on any atom is -0.381 e. The smallest absolute Gasteiger partial charge is 0.0663 e. The summed E-state index contributed by atoms with van der Waals surface area (Å²) in [5, 5.41) is 3.45. The van der Waals surface area contributed by atoms with Crippen molar-refractivity contribution in [3.8, 4) is 12.3 Å². The number of nitrogens with one attached hydrogen (secondary N) is 1. The molecule has 1 rings (SSSR count). The van der Waals surface area contributed by atoms with Gasteiger partial charge >= 0.3 is 0 Å². The standard InChI is InChI=1S/C12H22N2O/c1-4-10(2)14-12(9-13)7-5-6-11(8-12)15-3/h1,10-11,14H,5-9,13H2,2-3H3. The zero-order chi connectivity index (χ0) is 11.3. The van der Waals surface area contributed by atoms with Gasteiger partial charge in [0.1, 0.15) is 0 Å². The molecule has 3 atom stereocenters. The number of rotatable bonds is 4. The minimum atomic E-state index is -0.0231. The maximum Gasteiger partial charge on any atom is 0.0663 e. The van der Waals surface area contributed by atoms with Crippen LogP contribution >= 0.6 is 0 Å². The van der Waals surface area contributed by atoms with Crippen molar-refractivity contribution in [2.75, 3.05) is 13.7 Å². The van der Waals surface area contributed by atoms with Gasteiger partial charge in [-0.1, -0.05) is 5.92 Å². The van der Waals surface area contributed by atoms with Gasteiger partial charge in [-0.3, -0.25) is 5.32 Å². The van der Waals surface area contributed by atoms with Crippen LogP contribution in [0, 0.1) is 12.3 Å². The summed E-state index contributed by atoms with van der Waals surface area (Å²) in [6.07, 6.45) is 10.0. The zero-order valence-corrected chi connectivity index (χ0v) is 9.75. The molecule has 0 heterocycles. The molecule has 0 aromatic heterocycles. The van der Waals surface area contributed by atoms with Gasteiger partial charge < -0.3 is 10.5 Å². The highest BCUT2D eigenvalue weighted by Gasteiger charge is 2.35. The molecule has 0 aromatic rings. The van der Waals surface area contributed by atoms with Crippen molar-refractivity contribution < 1.29 is 4.74 Å². The minimum absolute atomic E-state index is 0.0231. The third-order valence-corrected chi connectivity index (χ3v) is 3.30. The van der Waals surface area contributed by atoms with Gasteiger partial charge in [0.05, 0.1) is 12.1 Å². The molecular weight excluding hydrogens is 188 g/mol. The van der Waals surface area contributed by atoms with Crippen LogP contribution in [0.15, 0.2) is 0 Å². The third kappa shape index (κ3) is 3.20. The molecular formula is C12H22N2O. The second-order valence-electron chi connectivity index (χ2n) is 4.47. The molecule has 1 saturated carbocycles. The molecule has 0 amide bonds. The number of nitrogens with two attached hydrogens (primary N) is 1. The molecule has 0 bridgehead atoms.